The van der Waals surface area contributed by atoms with Gasteiger partial charge in [0.25, 0.3) is 0 Å². The van der Waals surface area contributed by atoms with E-state index in [2.05, 4.69) is 19.2 Å². The molecule has 2 nitrogen and oxygen atoms in total. The molecule has 1 heterocycles. The summed E-state index contributed by atoms with van der Waals surface area (Å²) in [6, 6.07) is 0. The van der Waals surface area contributed by atoms with E-state index in [-0.39, 0.29) is 0 Å². The molecule has 2 rings (SSSR count). The van der Waals surface area contributed by atoms with Crippen LogP contribution in [0.2, 0.25) is 0 Å². The zero-order valence-electron chi connectivity index (χ0n) is 10.9. The van der Waals surface area contributed by atoms with Gasteiger partial charge in [-0.05, 0) is 56.4 Å². The van der Waals surface area contributed by atoms with Crippen molar-refractivity contribution in [2.24, 2.45) is 11.3 Å². The van der Waals surface area contributed by atoms with Crippen LogP contribution >= 0.6 is 0 Å². The molecular weight excluding hydrogens is 198 g/mol. The molecule has 0 aromatic rings. The number of hydrogen-bond acceptors (Lipinski definition) is 2. The molecule has 2 aliphatic rings. The third kappa shape index (κ3) is 3.21. The molecule has 0 aromatic carbocycles. The van der Waals surface area contributed by atoms with E-state index in [9.17, 15) is 0 Å². The maximum absolute atomic E-state index is 5.62. The van der Waals surface area contributed by atoms with Gasteiger partial charge < -0.3 is 10.1 Å². The quantitative estimate of drug-likeness (QED) is 0.673. The van der Waals surface area contributed by atoms with Gasteiger partial charge in [-0.15, -0.1) is 0 Å². The first kappa shape index (κ1) is 12.4. The van der Waals surface area contributed by atoms with Gasteiger partial charge in [-0.3, -0.25) is 0 Å². The Labute approximate surface area is 100 Å². The highest BCUT2D eigenvalue weighted by atomic mass is 16.5. The lowest BCUT2D eigenvalue weighted by Crippen LogP contribution is -2.28. The van der Waals surface area contributed by atoms with Crippen molar-refractivity contribution < 1.29 is 4.74 Å². The Bertz CT molecular complexity index is 205. The van der Waals surface area contributed by atoms with E-state index >= 15 is 0 Å². The zero-order chi connectivity index (χ0) is 11.4. The van der Waals surface area contributed by atoms with Gasteiger partial charge in [0.1, 0.15) is 0 Å². The van der Waals surface area contributed by atoms with Crippen molar-refractivity contribution in [1.29, 1.82) is 0 Å². The number of ether oxygens (including phenoxy) is 1. The van der Waals surface area contributed by atoms with Gasteiger partial charge in [0.2, 0.25) is 0 Å². The minimum Gasteiger partial charge on any atom is -0.378 e. The standard InChI is InChI=1S/C14H27NO/c1-12(2)14(7-8-14)11-15-9-3-5-13-6-4-10-16-13/h12-13,15H,3-11H2,1-2H3. The van der Waals surface area contributed by atoms with Crippen molar-refractivity contribution in [3.8, 4) is 0 Å². The Kier molecular flexibility index (Phi) is 4.26. The van der Waals surface area contributed by atoms with Crippen molar-refractivity contribution in [2.75, 3.05) is 19.7 Å². The molecule has 2 heteroatoms. The first-order valence-electron chi connectivity index (χ1n) is 7.05. The Hall–Kier alpha value is -0.0800. The summed E-state index contributed by atoms with van der Waals surface area (Å²) in [6.45, 7) is 8.13. The first-order chi connectivity index (χ1) is 7.73. The summed E-state index contributed by atoms with van der Waals surface area (Å²) in [7, 11) is 0. The monoisotopic (exact) mass is 225 g/mol. The lowest BCUT2D eigenvalue weighted by atomic mass is 9.92. The molecular formula is C14H27NO. The number of hydrogen-bond donors (Lipinski definition) is 1. The maximum Gasteiger partial charge on any atom is 0.0576 e. The van der Waals surface area contributed by atoms with Crippen LogP contribution in [0.1, 0.15) is 52.4 Å². The minimum absolute atomic E-state index is 0.571. The molecule has 1 aliphatic heterocycles. The van der Waals surface area contributed by atoms with Gasteiger partial charge in [0.05, 0.1) is 6.10 Å². The van der Waals surface area contributed by atoms with Crippen molar-refractivity contribution in [3.05, 3.63) is 0 Å². The van der Waals surface area contributed by atoms with E-state index in [1.54, 1.807) is 0 Å². The highest BCUT2D eigenvalue weighted by Crippen LogP contribution is 2.51. The molecule has 1 N–H and O–H groups in total. The molecule has 0 spiro atoms. The van der Waals surface area contributed by atoms with Gasteiger partial charge in [-0.2, -0.15) is 0 Å². The summed E-state index contributed by atoms with van der Waals surface area (Å²) < 4.78 is 5.62. The molecule has 0 radical (unpaired) electrons. The van der Waals surface area contributed by atoms with Crippen LogP contribution in [0.25, 0.3) is 0 Å². The third-order valence-corrected chi connectivity index (χ3v) is 4.50. The van der Waals surface area contributed by atoms with Crippen LogP contribution in [-0.2, 0) is 4.74 Å². The third-order valence-electron chi connectivity index (χ3n) is 4.50. The Morgan fingerprint density at radius 2 is 2.19 bits per heavy atom. The fourth-order valence-corrected chi connectivity index (χ4v) is 2.78. The molecule has 1 aliphatic carbocycles. The van der Waals surface area contributed by atoms with Crippen molar-refractivity contribution in [3.63, 3.8) is 0 Å². The predicted octanol–water partition coefficient (Wildman–Crippen LogP) is 2.97. The lowest BCUT2D eigenvalue weighted by molar-refractivity contribution is 0.102. The summed E-state index contributed by atoms with van der Waals surface area (Å²) in [4.78, 5) is 0. The van der Waals surface area contributed by atoms with Crippen LogP contribution in [0.3, 0.4) is 0 Å². The first-order valence-corrected chi connectivity index (χ1v) is 7.05. The Morgan fingerprint density at radius 3 is 2.75 bits per heavy atom. The number of nitrogens with one attached hydrogen (secondary N) is 1. The van der Waals surface area contributed by atoms with Gasteiger partial charge in [0, 0.05) is 13.2 Å². The van der Waals surface area contributed by atoms with Crippen molar-refractivity contribution >= 4 is 0 Å². The highest BCUT2D eigenvalue weighted by Gasteiger charge is 2.44. The molecule has 1 saturated heterocycles. The molecule has 1 atom stereocenters. The second-order valence-corrected chi connectivity index (χ2v) is 5.97. The van der Waals surface area contributed by atoms with Crippen LogP contribution in [0.5, 0.6) is 0 Å². The van der Waals surface area contributed by atoms with E-state index in [0.29, 0.717) is 11.5 Å². The summed E-state index contributed by atoms with van der Waals surface area (Å²) in [6.07, 6.45) is 8.53. The summed E-state index contributed by atoms with van der Waals surface area (Å²) in [5, 5.41) is 3.64. The molecule has 0 bridgehead atoms. The van der Waals surface area contributed by atoms with Crippen LogP contribution in [-0.4, -0.2) is 25.8 Å². The molecule has 0 amide bonds. The van der Waals surface area contributed by atoms with Crippen LogP contribution in [0.15, 0.2) is 0 Å². The van der Waals surface area contributed by atoms with Gasteiger partial charge in [-0.25, -0.2) is 0 Å². The van der Waals surface area contributed by atoms with Gasteiger partial charge in [0.15, 0.2) is 0 Å². The predicted molar refractivity (Wildman–Crippen MR) is 67.6 cm³/mol. The van der Waals surface area contributed by atoms with Crippen molar-refractivity contribution in [2.45, 2.75) is 58.5 Å². The molecule has 94 valence electrons. The highest BCUT2D eigenvalue weighted by molar-refractivity contribution is 4.96. The molecule has 2 fully saturated rings. The Balaban J connectivity index is 1.49. The fourth-order valence-electron chi connectivity index (χ4n) is 2.78. The maximum atomic E-state index is 5.62. The van der Waals surface area contributed by atoms with Gasteiger partial charge >= 0.3 is 0 Å². The summed E-state index contributed by atoms with van der Waals surface area (Å²) in [5.41, 5.74) is 0.657. The molecule has 1 unspecified atom stereocenters. The normalized spacial score (nSPS) is 27.6. The van der Waals surface area contributed by atoms with Gasteiger partial charge in [-0.1, -0.05) is 13.8 Å². The largest absolute Gasteiger partial charge is 0.378 e. The zero-order valence-corrected chi connectivity index (χ0v) is 10.9. The van der Waals surface area contributed by atoms with E-state index in [0.717, 1.165) is 12.5 Å². The van der Waals surface area contributed by atoms with E-state index in [1.165, 1.54) is 51.6 Å². The average molecular weight is 225 g/mol. The topological polar surface area (TPSA) is 21.3 Å². The number of rotatable bonds is 7. The van der Waals surface area contributed by atoms with E-state index in [4.69, 9.17) is 4.74 Å². The minimum atomic E-state index is 0.571. The molecule has 0 aromatic heterocycles. The van der Waals surface area contributed by atoms with Crippen LogP contribution in [0, 0.1) is 11.3 Å². The smallest absolute Gasteiger partial charge is 0.0576 e. The second kappa shape index (κ2) is 5.50. The van der Waals surface area contributed by atoms with E-state index in [1.807, 2.05) is 0 Å². The SMILES string of the molecule is CC(C)C1(CNCCCC2CCCO2)CC1. The Morgan fingerprint density at radius 1 is 1.38 bits per heavy atom. The van der Waals surface area contributed by atoms with Crippen molar-refractivity contribution in [1.82, 2.24) is 5.32 Å². The average Bonchev–Trinajstić information content (AvgIpc) is 2.87. The van der Waals surface area contributed by atoms with Crippen LogP contribution in [0.4, 0.5) is 0 Å². The van der Waals surface area contributed by atoms with E-state index < -0.39 is 0 Å². The summed E-state index contributed by atoms with van der Waals surface area (Å²) >= 11 is 0. The lowest BCUT2D eigenvalue weighted by Gasteiger charge is -2.20. The fraction of sp³-hybridized carbons (Fsp3) is 1.00. The van der Waals surface area contributed by atoms with Crippen LogP contribution < -0.4 is 5.32 Å². The second-order valence-electron chi connectivity index (χ2n) is 5.97. The summed E-state index contributed by atoms with van der Waals surface area (Å²) in [5.74, 6) is 0.846. The molecule has 16 heavy (non-hydrogen) atoms. The molecule has 1 saturated carbocycles.